The Balaban J connectivity index is 2.73. The van der Waals surface area contributed by atoms with E-state index in [-0.39, 0.29) is 18.8 Å². The largest absolute Gasteiger partial charge is 0.380 e. The zero-order valence-corrected chi connectivity index (χ0v) is 10.3. The van der Waals surface area contributed by atoms with E-state index in [4.69, 9.17) is 15.4 Å². The van der Waals surface area contributed by atoms with E-state index in [0.717, 1.165) is 0 Å². The average Bonchev–Trinajstić information content (AvgIpc) is 2.18. The summed E-state index contributed by atoms with van der Waals surface area (Å²) in [6.45, 7) is 0.194. The minimum Gasteiger partial charge on any atom is -0.380 e. The zero-order chi connectivity index (χ0) is 12.2. The van der Waals surface area contributed by atoms with Crippen molar-refractivity contribution in [2.24, 2.45) is 0 Å². The minimum atomic E-state index is -3.53. The van der Waals surface area contributed by atoms with Crippen molar-refractivity contribution in [3.8, 4) is 0 Å². The lowest BCUT2D eigenvalue weighted by atomic mass is 10.1. The molecule has 0 saturated carbocycles. The number of aryl methyl sites for hydroxylation is 1. The van der Waals surface area contributed by atoms with Gasteiger partial charge in [-0.3, -0.25) is 0 Å². The van der Waals surface area contributed by atoms with Gasteiger partial charge in [0.2, 0.25) is 9.05 Å². The third-order valence-corrected chi connectivity index (χ3v) is 3.21. The Hall–Kier alpha value is -0.650. The van der Waals surface area contributed by atoms with Gasteiger partial charge in [-0.2, -0.15) is 0 Å². The van der Waals surface area contributed by atoms with E-state index in [1.54, 1.807) is 12.1 Å². The highest BCUT2D eigenvalue weighted by molar-refractivity contribution is 8.13. The van der Waals surface area contributed by atoms with Crippen LogP contribution in [0.2, 0.25) is 0 Å². The SMILES string of the molecule is COCc1ccc(CCS(=O)(=O)Cl)cc1F. The molecule has 0 bridgehead atoms. The first-order valence-corrected chi connectivity index (χ1v) is 7.09. The standard InChI is InChI=1S/C10H12ClFO3S/c1-15-7-9-3-2-8(6-10(9)12)4-5-16(11,13)14/h2-3,6H,4-5,7H2,1H3. The molecule has 0 aliphatic carbocycles. The Morgan fingerprint density at radius 3 is 2.62 bits per heavy atom. The van der Waals surface area contributed by atoms with Gasteiger partial charge in [0, 0.05) is 23.4 Å². The molecule has 1 rings (SSSR count). The van der Waals surface area contributed by atoms with Crippen LogP contribution in [-0.2, 0) is 26.8 Å². The van der Waals surface area contributed by atoms with Crippen molar-refractivity contribution in [1.29, 1.82) is 0 Å². The monoisotopic (exact) mass is 266 g/mol. The van der Waals surface area contributed by atoms with Crippen molar-refractivity contribution in [2.45, 2.75) is 13.0 Å². The second-order valence-corrected chi connectivity index (χ2v) is 6.25. The second-order valence-electron chi connectivity index (χ2n) is 3.35. The first kappa shape index (κ1) is 13.4. The molecule has 0 fully saturated rings. The van der Waals surface area contributed by atoms with Crippen molar-refractivity contribution in [3.05, 3.63) is 35.1 Å². The summed E-state index contributed by atoms with van der Waals surface area (Å²) in [6.07, 6.45) is 0.204. The first-order valence-electron chi connectivity index (χ1n) is 4.61. The molecular formula is C10H12ClFO3S. The van der Waals surface area contributed by atoms with Crippen LogP contribution >= 0.6 is 10.7 Å². The summed E-state index contributed by atoms with van der Waals surface area (Å²) in [5.74, 6) is -0.594. The molecule has 0 unspecified atom stereocenters. The van der Waals surface area contributed by atoms with Gasteiger partial charge >= 0.3 is 0 Å². The summed E-state index contributed by atoms with van der Waals surface area (Å²) in [5, 5.41) is 0. The lowest BCUT2D eigenvalue weighted by molar-refractivity contribution is 0.181. The van der Waals surface area contributed by atoms with Crippen LogP contribution in [0.4, 0.5) is 4.39 Å². The number of hydrogen-bond acceptors (Lipinski definition) is 3. The number of benzene rings is 1. The van der Waals surface area contributed by atoms with Gasteiger partial charge in [-0.05, 0) is 18.1 Å². The van der Waals surface area contributed by atoms with Crippen LogP contribution in [0.3, 0.4) is 0 Å². The van der Waals surface area contributed by atoms with E-state index in [9.17, 15) is 12.8 Å². The maximum atomic E-state index is 13.4. The van der Waals surface area contributed by atoms with Gasteiger partial charge in [0.25, 0.3) is 0 Å². The molecule has 0 N–H and O–H groups in total. The van der Waals surface area contributed by atoms with Crippen LogP contribution < -0.4 is 0 Å². The molecule has 0 amide bonds. The van der Waals surface area contributed by atoms with Crippen molar-refractivity contribution in [3.63, 3.8) is 0 Å². The number of methoxy groups -OCH3 is 1. The van der Waals surface area contributed by atoms with E-state index in [1.165, 1.54) is 13.2 Å². The zero-order valence-electron chi connectivity index (χ0n) is 8.74. The summed E-state index contributed by atoms with van der Waals surface area (Å²) >= 11 is 0. The summed E-state index contributed by atoms with van der Waals surface area (Å²) in [4.78, 5) is 0. The van der Waals surface area contributed by atoms with Crippen molar-refractivity contribution < 1.29 is 17.5 Å². The molecule has 90 valence electrons. The van der Waals surface area contributed by atoms with Gasteiger partial charge in [-0.1, -0.05) is 12.1 Å². The highest BCUT2D eigenvalue weighted by Gasteiger charge is 2.08. The van der Waals surface area contributed by atoms with Gasteiger partial charge in [0.05, 0.1) is 12.4 Å². The molecule has 0 atom stereocenters. The lowest BCUT2D eigenvalue weighted by Gasteiger charge is -2.04. The first-order chi connectivity index (χ1) is 7.42. The summed E-state index contributed by atoms with van der Waals surface area (Å²) in [7, 11) is 3.01. The highest BCUT2D eigenvalue weighted by Crippen LogP contribution is 2.13. The Morgan fingerprint density at radius 2 is 2.12 bits per heavy atom. The Kier molecular flexibility index (Phi) is 4.70. The summed E-state index contributed by atoms with van der Waals surface area (Å²) < 4.78 is 39.6. The minimum absolute atomic E-state index is 0.194. The molecule has 0 heterocycles. The highest BCUT2D eigenvalue weighted by atomic mass is 35.7. The summed E-state index contributed by atoms with van der Waals surface area (Å²) in [5.41, 5.74) is 1.04. The number of halogens is 2. The molecule has 1 aromatic carbocycles. The quantitative estimate of drug-likeness (QED) is 0.767. The van der Waals surface area contributed by atoms with E-state index in [0.29, 0.717) is 11.1 Å². The van der Waals surface area contributed by atoms with Crippen LogP contribution in [0.5, 0.6) is 0 Å². The topological polar surface area (TPSA) is 43.4 Å². The lowest BCUT2D eigenvalue weighted by Crippen LogP contribution is -2.02. The van der Waals surface area contributed by atoms with E-state index < -0.39 is 14.9 Å². The molecular weight excluding hydrogens is 255 g/mol. The molecule has 0 saturated heterocycles. The Morgan fingerprint density at radius 1 is 1.44 bits per heavy atom. The van der Waals surface area contributed by atoms with Crippen molar-refractivity contribution in [1.82, 2.24) is 0 Å². The molecule has 0 spiro atoms. The number of ether oxygens (including phenoxy) is 1. The van der Waals surface area contributed by atoms with Crippen LogP contribution in [0, 0.1) is 5.82 Å². The van der Waals surface area contributed by atoms with E-state index >= 15 is 0 Å². The van der Waals surface area contributed by atoms with Gasteiger partial charge in [0.15, 0.2) is 0 Å². The number of hydrogen-bond donors (Lipinski definition) is 0. The molecule has 16 heavy (non-hydrogen) atoms. The van der Waals surface area contributed by atoms with E-state index in [2.05, 4.69) is 0 Å². The van der Waals surface area contributed by atoms with Gasteiger partial charge in [0.1, 0.15) is 5.82 Å². The summed E-state index contributed by atoms with van der Waals surface area (Å²) in [6, 6.07) is 4.55. The molecule has 1 aromatic rings. The van der Waals surface area contributed by atoms with Crippen LogP contribution in [0.25, 0.3) is 0 Å². The molecule has 6 heteroatoms. The predicted octanol–water partition coefficient (Wildman–Crippen LogP) is 2.08. The third kappa shape index (κ3) is 4.47. The molecule has 0 aromatic heterocycles. The maximum Gasteiger partial charge on any atom is 0.232 e. The fourth-order valence-electron chi connectivity index (χ4n) is 1.26. The van der Waals surface area contributed by atoms with Crippen molar-refractivity contribution in [2.75, 3.05) is 12.9 Å². The predicted molar refractivity (Wildman–Crippen MR) is 60.5 cm³/mol. The normalized spacial score (nSPS) is 11.7. The van der Waals surface area contributed by atoms with Crippen molar-refractivity contribution >= 4 is 19.7 Å². The smallest absolute Gasteiger partial charge is 0.232 e. The fourth-order valence-corrected chi connectivity index (χ4v) is 1.97. The van der Waals surface area contributed by atoms with Gasteiger partial charge < -0.3 is 4.74 Å². The Bertz CT molecular complexity index is 459. The molecule has 0 radical (unpaired) electrons. The fraction of sp³-hybridized carbons (Fsp3) is 0.400. The van der Waals surface area contributed by atoms with Gasteiger partial charge in [-0.15, -0.1) is 0 Å². The average molecular weight is 267 g/mol. The third-order valence-electron chi connectivity index (χ3n) is 2.05. The second kappa shape index (κ2) is 5.61. The van der Waals surface area contributed by atoms with Crippen LogP contribution in [-0.4, -0.2) is 21.3 Å². The van der Waals surface area contributed by atoms with Crippen LogP contribution in [0.1, 0.15) is 11.1 Å². The Labute approximate surface area is 98.6 Å². The molecule has 0 aliphatic heterocycles. The van der Waals surface area contributed by atoms with E-state index in [1.807, 2.05) is 0 Å². The molecule has 3 nitrogen and oxygen atoms in total. The van der Waals surface area contributed by atoms with Gasteiger partial charge in [-0.25, -0.2) is 12.8 Å². The number of rotatable bonds is 5. The molecule has 0 aliphatic rings. The maximum absolute atomic E-state index is 13.4. The van der Waals surface area contributed by atoms with Crippen LogP contribution in [0.15, 0.2) is 18.2 Å².